The van der Waals surface area contributed by atoms with Gasteiger partial charge in [-0.15, -0.1) is 0 Å². The maximum Gasteiger partial charge on any atom is 0.143 e. The van der Waals surface area contributed by atoms with E-state index in [-0.39, 0.29) is 0 Å². The summed E-state index contributed by atoms with van der Waals surface area (Å²) in [5, 5.41) is 9.63. The quantitative estimate of drug-likeness (QED) is 0.115. The minimum absolute atomic E-state index is 0.896. The lowest BCUT2D eigenvalue weighted by molar-refractivity contribution is 0.670. The fourth-order valence-electron chi connectivity index (χ4n) is 15.9. The Kier molecular flexibility index (Phi) is 13.8. The molecular weight excluding hydrogens is 1240 g/mol. The first kappa shape index (κ1) is 58.5. The van der Waals surface area contributed by atoms with Crippen LogP contribution in [0.15, 0.2) is 387 Å². The number of nitrogens with zero attached hydrogens (tertiary/aromatic N) is 5. The Balaban J connectivity index is 0.625. The highest BCUT2D eigenvalue weighted by atomic mass is 16.3. The van der Waals surface area contributed by atoms with Gasteiger partial charge in [-0.3, -0.25) is 0 Å². The zero-order valence-electron chi connectivity index (χ0n) is 55.5. The van der Waals surface area contributed by atoms with Gasteiger partial charge in [0.2, 0.25) is 0 Å². The van der Waals surface area contributed by atoms with Gasteiger partial charge in [-0.2, -0.15) is 0 Å². The molecule has 0 amide bonds. The third-order valence-corrected chi connectivity index (χ3v) is 20.7. The predicted octanol–water partition coefficient (Wildman–Crippen LogP) is 26.5. The molecule has 0 unspecified atom stereocenters. The van der Waals surface area contributed by atoms with E-state index in [0.717, 1.165) is 118 Å². The number of fused-ring (bicyclic) bond motifs is 12. The molecule has 0 fully saturated rings. The van der Waals surface area contributed by atoms with Crippen LogP contribution >= 0.6 is 0 Å². The number of aromatic nitrogens is 3. The van der Waals surface area contributed by atoms with Crippen LogP contribution in [0.2, 0.25) is 0 Å². The van der Waals surface area contributed by atoms with Crippen molar-refractivity contribution in [2.24, 2.45) is 0 Å². The highest BCUT2D eigenvalue weighted by Crippen LogP contribution is 2.44. The van der Waals surface area contributed by atoms with E-state index in [1.807, 2.05) is 12.1 Å². The van der Waals surface area contributed by atoms with E-state index in [1.54, 1.807) is 0 Å². The van der Waals surface area contributed by atoms with Crippen molar-refractivity contribution >= 4 is 121 Å². The second kappa shape index (κ2) is 24.1. The van der Waals surface area contributed by atoms with Crippen molar-refractivity contribution < 1.29 is 4.42 Å². The second-order valence-corrected chi connectivity index (χ2v) is 26.4. The van der Waals surface area contributed by atoms with E-state index in [9.17, 15) is 0 Å². The average Bonchev–Trinajstić information content (AvgIpc) is 1.62. The Morgan fingerprint density at radius 2 is 0.480 bits per heavy atom. The molecule has 4 heterocycles. The molecule has 0 atom stereocenters. The fraction of sp³-hybridized carbons (Fsp3) is 0. The predicted molar refractivity (Wildman–Crippen MR) is 428 cm³/mol. The van der Waals surface area contributed by atoms with Gasteiger partial charge in [0.25, 0.3) is 0 Å². The molecule has 16 aromatic carbocycles. The Labute approximate surface area is 589 Å². The van der Waals surface area contributed by atoms with Gasteiger partial charge in [0.15, 0.2) is 0 Å². The molecule has 0 radical (unpaired) electrons. The molecular formula is C96H63N5O. The fourth-order valence-corrected chi connectivity index (χ4v) is 15.9. The van der Waals surface area contributed by atoms with E-state index >= 15 is 0 Å². The average molecular weight is 1300 g/mol. The summed E-state index contributed by atoms with van der Waals surface area (Å²) >= 11 is 0. The van der Waals surface area contributed by atoms with Crippen molar-refractivity contribution in [2.75, 3.05) is 9.80 Å². The Hall–Kier alpha value is -13.7. The lowest BCUT2D eigenvalue weighted by Crippen LogP contribution is -2.10. The number of hydrogen-bond donors (Lipinski definition) is 0. The normalized spacial score (nSPS) is 11.7. The van der Waals surface area contributed by atoms with E-state index < -0.39 is 0 Å². The van der Waals surface area contributed by atoms with Crippen molar-refractivity contribution in [1.82, 2.24) is 13.7 Å². The number of rotatable bonds is 13. The zero-order valence-corrected chi connectivity index (χ0v) is 55.5. The third kappa shape index (κ3) is 9.79. The van der Waals surface area contributed by atoms with Gasteiger partial charge >= 0.3 is 0 Å². The third-order valence-electron chi connectivity index (χ3n) is 20.7. The van der Waals surface area contributed by atoms with Crippen molar-refractivity contribution in [3.63, 3.8) is 0 Å². The Bertz CT molecular complexity index is 6320. The molecule has 0 aliphatic heterocycles. The van der Waals surface area contributed by atoms with E-state index in [0.29, 0.717) is 0 Å². The zero-order chi connectivity index (χ0) is 67.2. The Morgan fingerprint density at radius 1 is 0.186 bits per heavy atom. The van der Waals surface area contributed by atoms with Crippen molar-refractivity contribution in [3.05, 3.63) is 382 Å². The monoisotopic (exact) mass is 1300 g/mol. The molecule has 0 bridgehead atoms. The van der Waals surface area contributed by atoms with Crippen LogP contribution in [-0.2, 0) is 0 Å². The Morgan fingerprint density at radius 3 is 0.931 bits per heavy atom. The van der Waals surface area contributed by atoms with Crippen molar-refractivity contribution in [3.8, 4) is 61.6 Å². The molecule has 0 N–H and O–H groups in total. The number of furan rings is 1. The number of hydrogen-bond acceptors (Lipinski definition) is 3. The van der Waals surface area contributed by atoms with E-state index in [2.05, 4.69) is 394 Å². The standard InChI is InChI=1S/C96H63N5O/c1-2-18-64(19-3-1)65-36-43-71(44-37-65)97(73-47-40-67(41-48-73)80-28-17-29-87-86-27-9-15-35-95(86)102-96(80)87)72-45-38-66(39-46-72)68-20-16-21-69(62-68)70-42-61-94-88(63-70)85-26-8-14-34-93(85)101(94)79-59-53-76(54-60-79)98(74-49-55-77(56-50-74)99-89-30-10-4-22-81(89)82-23-5-11-31-90(82)99)75-51-57-78(58-52-75)100-91-32-12-6-24-83(91)84-25-7-13-33-92(84)100/h1-63H. The summed E-state index contributed by atoms with van der Waals surface area (Å²) in [5.74, 6) is 0. The van der Waals surface area contributed by atoms with Crippen LogP contribution in [0.25, 0.3) is 149 Å². The molecule has 0 spiro atoms. The molecule has 20 aromatic rings. The van der Waals surface area contributed by atoms with Crippen LogP contribution in [0.4, 0.5) is 34.1 Å². The minimum atomic E-state index is 0.896. The molecule has 6 nitrogen and oxygen atoms in total. The highest BCUT2D eigenvalue weighted by Gasteiger charge is 2.22. The summed E-state index contributed by atoms with van der Waals surface area (Å²) in [6, 6.07) is 139. The van der Waals surface area contributed by atoms with Crippen LogP contribution in [-0.4, -0.2) is 13.7 Å². The van der Waals surface area contributed by atoms with E-state index in [4.69, 9.17) is 4.42 Å². The van der Waals surface area contributed by atoms with Crippen LogP contribution in [0.5, 0.6) is 0 Å². The second-order valence-electron chi connectivity index (χ2n) is 26.4. The maximum atomic E-state index is 6.49. The van der Waals surface area contributed by atoms with Gasteiger partial charge in [-0.25, -0.2) is 0 Å². The van der Waals surface area contributed by atoms with Gasteiger partial charge < -0.3 is 27.9 Å². The molecule has 20 rings (SSSR count). The van der Waals surface area contributed by atoms with Gasteiger partial charge in [0, 0.05) is 99.8 Å². The first-order valence-electron chi connectivity index (χ1n) is 34.9. The summed E-state index contributed by atoms with van der Waals surface area (Å²) in [7, 11) is 0. The lowest BCUT2D eigenvalue weighted by atomic mass is 9.97. The molecule has 478 valence electrons. The minimum Gasteiger partial charge on any atom is -0.455 e. The smallest absolute Gasteiger partial charge is 0.143 e. The molecule has 0 aliphatic rings. The summed E-state index contributed by atoms with van der Waals surface area (Å²) < 4.78 is 13.7. The number of benzene rings is 16. The van der Waals surface area contributed by atoms with E-state index in [1.165, 1.54) is 65.5 Å². The van der Waals surface area contributed by atoms with Gasteiger partial charge in [-0.1, -0.05) is 218 Å². The summed E-state index contributed by atoms with van der Waals surface area (Å²) in [5.41, 5.74) is 27.7. The summed E-state index contributed by atoms with van der Waals surface area (Å²) in [4.78, 5) is 4.72. The molecule has 4 aromatic heterocycles. The van der Waals surface area contributed by atoms with Crippen LogP contribution < -0.4 is 9.80 Å². The van der Waals surface area contributed by atoms with Crippen LogP contribution in [0, 0.1) is 0 Å². The van der Waals surface area contributed by atoms with Gasteiger partial charge in [0.05, 0.1) is 33.1 Å². The summed E-state index contributed by atoms with van der Waals surface area (Å²) in [6.07, 6.45) is 0. The molecule has 0 aliphatic carbocycles. The van der Waals surface area contributed by atoms with Crippen LogP contribution in [0.1, 0.15) is 0 Å². The largest absolute Gasteiger partial charge is 0.455 e. The van der Waals surface area contributed by atoms with Crippen LogP contribution in [0.3, 0.4) is 0 Å². The SMILES string of the molecule is c1ccc(-c2ccc(N(c3ccc(-c4cccc(-c5ccc6c(c5)c5ccccc5n6-c5ccc(N(c6ccc(-n7c8ccccc8c8ccccc87)cc6)c6ccc(-n7c8ccccc8c8ccccc87)cc6)cc5)c4)cc3)c3ccc(-c4cccc5c4oc4ccccc45)cc3)cc2)cc1. The van der Waals surface area contributed by atoms with Gasteiger partial charge in [0.1, 0.15) is 11.2 Å². The number of para-hydroxylation sites is 7. The highest BCUT2D eigenvalue weighted by molar-refractivity contribution is 6.13. The van der Waals surface area contributed by atoms with Crippen molar-refractivity contribution in [2.45, 2.75) is 0 Å². The molecule has 102 heavy (non-hydrogen) atoms. The molecule has 6 heteroatoms. The molecule has 0 saturated heterocycles. The molecule has 0 saturated carbocycles. The maximum absolute atomic E-state index is 6.49. The van der Waals surface area contributed by atoms with Gasteiger partial charge in [-0.05, 0) is 203 Å². The number of anilines is 6. The topological polar surface area (TPSA) is 34.4 Å². The lowest BCUT2D eigenvalue weighted by Gasteiger charge is -2.26. The first-order valence-corrected chi connectivity index (χ1v) is 34.9. The summed E-state index contributed by atoms with van der Waals surface area (Å²) in [6.45, 7) is 0. The first-order chi connectivity index (χ1) is 50.6. The van der Waals surface area contributed by atoms with Crippen molar-refractivity contribution in [1.29, 1.82) is 0 Å².